The summed E-state index contributed by atoms with van der Waals surface area (Å²) in [6.45, 7) is 0. The molecule has 1 N–H and O–H groups in total. The third kappa shape index (κ3) is 2.21. The van der Waals surface area contributed by atoms with Crippen LogP contribution in [0.5, 0.6) is 0 Å². The van der Waals surface area contributed by atoms with Gasteiger partial charge in [0.2, 0.25) is 0 Å². The number of rotatable bonds is 3. The van der Waals surface area contributed by atoms with Crippen LogP contribution in [0.25, 0.3) is 27.8 Å². The van der Waals surface area contributed by atoms with Crippen LogP contribution in [0.3, 0.4) is 0 Å². The minimum absolute atomic E-state index is 0.580. The second-order valence-electron chi connectivity index (χ2n) is 6.05. The fourth-order valence-corrected chi connectivity index (χ4v) is 3.18. The molecule has 0 aliphatic heterocycles. The Labute approximate surface area is 148 Å². The molecule has 0 saturated heterocycles. The van der Waals surface area contributed by atoms with Crippen molar-refractivity contribution in [3.63, 3.8) is 0 Å². The first-order chi connectivity index (χ1) is 12.8. The van der Waals surface area contributed by atoms with E-state index in [-0.39, 0.29) is 0 Å². The number of H-pyrrole nitrogens is 1. The van der Waals surface area contributed by atoms with E-state index in [2.05, 4.69) is 49.6 Å². The largest absolute Gasteiger partial charge is 0.329 e. The summed E-state index contributed by atoms with van der Waals surface area (Å²) in [6.07, 6.45) is 5.39. The number of benzene rings is 2. The van der Waals surface area contributed by atoms with Crippen LogP contribution in [0.2, 0.25) is 0 Å². The molecule has 7 nitrogen and oxygen atoms in total. The molecule has 7 heteroatoms. The highest BCUT2D eigenvalue weighted by atomic mass is 15.3. The van der Waals surface area contributed by atoms with E-state index in [1.807, 2.05) is 48.1 Å². The molecule has 126 valence electrons. The van der Waals surface area contributed by atoms with E-state index >= 15 is 0 Å². The summed E-state index contributed by atoms with van der Waals surface area (Å²) in [5, 5.41) is 16.0. The molecule has 0 bridgehead atoms. The number of hydrogen-bond donors (Lipinski definition) is 1. The van der Waals surface area contributed by atoms with E-state index in [0.717, 1.165) is 33.5 Å². The Morgan fingerprint density at radius 1 is 1.04 bits per heavy atom. The second kappa shape index (κ2) is 5.66. The molecule has 3 heterocycles. The predicted octanol–water partition coefficient (Wildman–Crippen LogP) is 3.44. The van der Waals surface area contributed by atoms with Crippen molar-refractivity contribution in [2.45, 2.75) is 0 Å². The summed E-state index contributed by atoms with van der Waals surface area (Å²) in [6, 6.07) is 16.4. The van der Waals surface area contributed by atoms with Crippen molar-refractivity contribution in [3.8, 4) is 11.1 Å². The van der Waals surface area contributed by atoms with Gasteiger partial charge < -0.3 is 4.90 Å². The normalized spacial score (nSPS) is 11.3. The molecule has 0 spiro atoms. The Hall–Kier alpha value is -3.74. The number of nitrogens with zero attached hydrogens (tertiary/aromatic N) is 6. The van der Waals surface area contributed by atoms with Crippen LogP contribution in [0.4, 0.5) is 11.5 Å². The molecule has 5 rings (SSSR count). The first kappa shape index (κ1) is 14.6. The van der Waals surface area contributed by atoms with Crippen LogP contribution in [-0.4, -0.2) is 36.8 Å². The second-order valence-corrected chi connectivity index (χ2v) is 6.05. The third-order valence-electron chi connectivity index (χ3n) is 4.52. The van der Waals surface area contributed by atoms with Gasteiger partial charge in [-0.1, -0.05) is 24.3 Å². The summed E-state index contributed by atoms with van der Waals surface area (Å²) >= 11 is 0. The molecule has 0 aliphatic carbocycles. The number of aromatic nitrogens is 6. The first-order valence-electron chi connectivity index (χ1n) is 8.23. The maximum absolute atomic E-state index is 4.73. The van der Waals surface area contributed by atoms with Crippen LogP contribution in [0, 0.1) is 0 Å². The fraction of sp³-hybridized carbons (Fsp3) is 0.0526. The topological polar surface area (TPSA) is 75.0 Å². The zero-order valence-corrected chi connectivity index (χ0v) is 14.0. The van der Waals surface area contributed by atoms with Gasteiger partial charge in [-0.25, -0.2) is 0 Å². The lowest BCUT2D eigenvalue weighted by Crippen LogP contribution is -2.13. The van der Waals surface area contributed by atoms with Crippen molar-refractivity contribution in [3.05, 3.63) is 67.3 Å². The van der Waals surface area contributed by atoms with Crippen LogP contribution in [0.15, 0.2) is 67.3 Å². The summed E-state index contributed by atoms with van der Waals surface area (Å²) in [7, 11) is 2.01. The molecule has 0 atom stereocenters. The number of hydrogen-bond acceptors (Lipinski definition) is 5. The Balaban J connectivity index is 1.69. The van der Waals surface area contributed by atoms with E-state index in [1.54, 1.807) is 6.33 Å². The lowest BCUT2D eigenvalue weighted by molar-refractivity contribution is 1.08. The minimum Gasteiger partial charge on any atom is -0.329 e. The van der Waals surface area contributed by atoms with Crippen molar-refractivity contribution in [2.24, 2.45) is 0 Å². The van der Waals surface area contributed by atoms with Crippen molar-refractivity contribution < 1.29 is 0 Å². The van der Waals surface area contributed by atoms with E-state index < -0.39 is 0 Å². The highest BCUT2D eigenvalue weighted by molar-refractivity contribution is 5.93. The van der Waals surface area contributed by atoms with E-state index in [9.17, 15) is 0 Å². The fourth-order valence-electron chi connectivity index (χ4n) is 3.18. The predicted molar refractivity (Wildman–Crippen MR) is 100 cm³/mol. The summed E-state index contributed by atoms with van der Waals surface area (Å²) in [5.74, 6) is 1.42. The lowest BCUT2D eigenvalue weighted by atomic mass is 10.1. The monoisotopic (exact) mass is 341 g/mol. The maximum Gasteiger partial charge on any atom is 0.257 e. The highest BCUT2D eigenvalue weighted by Crippen LogP contribution is 2.31. The van der Waals surface area contributed by atoms with Gasteiger partial charge in [0.25, 0.3) is 5.78 Å². The molecule has 26 heavy (non-hydrogen) atoms. The van der Waals surface area contributed by atoms with Crippen molar-refractivity contribution >= 4 is 28.2 Å². The van der Waals surface area contributed by atoms with Crippen LogP contribution < -0.4 is 4.90 Å². The van der Waals surface area contributed by atoms with Crippen molar-refractivity contribution in [1.29, 1.82) is 0 Å². The quantitative estimate of drug-likeness (QED) is 0.544. The number of anilines is 2. The zero-order chi connectivity index (χ0) is 17.5. The van der Waals surface area contributed by atoms with E-state index in [1.165, 1.54) is 0 Å². The summed E-state index contributed by atoms with van der Waals surface area (Å²) < 4.78 is 1.90. The van der Waals surface area contributed by atoms with Gasteiger partial charge >= 0.3 is 0 Å². The molecule has 0 saturated carbocycles. The Kier molecular flexibility index (Phi) is 3.18. The van der Waals surface area contributed by atoms with Gasteiger partial charge in [-0.05, 0) is 29.8 Å². The highest BCUT2D eigenvalue weighted by Gasteiger charge is 2.14. The summed E-state index contributed by atoms with van der Waals surface area (Å²) in [5.41, 5.74) is 4.20. The lowest BCUT2D eigenvalue weighted by Gasteiger charge is -2.21. The number of nitrogens with one attached hydrogen (secondary N) is 1. The smallest absolute Gasteiger partial charge is 0.257 e. The molecule has 5 aromatic rings. The SMILES string of the molecule is CN(c1cccc(-c2cn[nH]c2)c1)c1nc2nncn2c2ccccc12. The average molecular weight is 341 g/mol. The first-order valence-corrected chi connectivity index (χ1v) is 8.23. The van der Waals surface area contributed by atoms with Crippen molar-refractivity contribution in [2.75, 3.05) is 11.9 Å². The number of para-hydroxylation sites is 1. The van der Waals surface area contributed by atoms with Gasteiger partial charge in [0.05, 0.1) is 11.7 Å². The zero-order valence-electron chi connectivity index (χ0n) is 14.0. The van der Waals surface area contributed by atoms with Gasteiger partial charge in [-0.15, -0.1) is 10.2 Å². The minimum atomic E-state index is 0.580. The van der Waals surface area contributed by atoms with Crippen LogP contribution in [-0.2, 0) is 0 Å². The standard InChI is InChI=1S/C19H15N7/c1-25(15-6-4-5-13(9-15)14-10-20-21-11-14)18-16-7-2-3-8-17(16)26-12-22-24-19(26)23-18/h2-12H,1H3,(H,20,21). The molecule has 2 aromatic carbocycles. The maximum atomic E-state index is 4.73. The molecule has 3 aromatic heterocycles. The van der Waals surface area contributed by atoms with Gasteiger partial charge in [0, 0.05) is 29.9 Å². The molecule has 0 amide bonds. The molecular weight excluding hydrogens is 326 g/mol. The Bertz CT molecular complexity index is 1210. The summed E-state index contributed by atoms with van der Waals surface area (Å²) in [4.78, 5) is 6.80. The van der Waals surface area contributed by atoms with Gasteiger partial charge in [-0.3, -0.25) is 9.50 Å². The molecule has 0 radical (unpaired) electrons. The third-order valence-corrected chi connectivity index (χ3v) is 4.52. The van der Waals surface area contributed by atoms with Crippen molar-refractivity contribution in [1.82, 2.24) is 29.8 Å². The van der Waals surface area contributed by atoms with E-state index in [4.69, 9.17) is 4.98 Å². The molecule has 0 fully saturated rings. The van der Waals surface area contributed by atoms with Crippen LogP contribution in [0.1, 0.15) is 0 Å². The number of aromatic amines is 1. The molecule has 0 unspecified atom stereocenters. The average Bonchev–Trinajstić information content (AvgIpc) is 3.38. The van der Waals surface area contributed by atoms with E-state index in [0.29, 0.717) is 5.78 Å². The van der Waals surface area contributed by atoms with Gasteiger partial charge in [0.1, 0.15) is 12.1 Å². The Morgan fingerprint density at radius 2 is 1.96 bits per heavy atom. The van der Waals surface area contributed by atoms with Crippen LogP contribution >= 0.6 is 0 Å². The Morgan fingerprint density at radius 3 is 2.85 bits per heavy atom. The van der Waals surface area contributed by atoms with Gasteiger partial charge in [-0.2, -0.15) is 10.1 Å². The number of fused-ring (bicyclic) bond motifs is 3. The molecule has 0 aliphatic rings. The molecular formula is C19H15N7. The van der Waals surface area contributed by atoms with Gasteiger partial charge in [0.15, 0.2) is 0 Å².